The Kier molecular flexibility index (Phi) is 9.08. The standard InChI is InChI=1S/C28H32ClN5O5/c29-15-25(36)32-23(13-17-8-10-19(35)11-9-17)28(39)34-12-4-3-7-24(34)27(38)33-22(26(30)37)14-18-16-31-21-6-2-1-5-20(18)21/h1-2,5-6,8-11,16,22-24,31,35H,3-4,7,12-15H2,(H2,30,37)(H,32,36)(H,33,38)/t22-,23-,24-/m0/s1. The number of piperidine rings is 1. The highest BCUT2D eigenvalue weighted by Gasteiger charge is 2.37. The van der Waals surface area contributed by atoms with E-state index in [0.717, 1.165) is 22.9 Å². The number of phenolic OH excluding ortho intramolecular Hbond substituents is 1. The first-order valence-corrected chi connectivity index (χ1v) is 13.4. The molecule has 1 fully saturated rings. The third-order valence-electron chi connectivity index (χ3n) is 6.98. The number of fused-ring (bicyclic) bond motifs is 1. The maximum Gasteiger partial charge on any atom is 0.246 e. The molecule has 3 atom stereocenters. The second-order valence-electron chi connectivity index (χ2n) is 9.69. The average Bonchev–Trinajstić information content (AvgIpc) is 3.35. The number of amides is 4. The first kappa shape index (κ1) is 28.0. The molecular weight excluding hydrogens is 522 g/mol. The van der Waals surface area contributed by atoms with E-state index in [4.69, 9.17) is 17.3 Å². The van der Waals surface area contributed by atoms with Gasteiger partial charge in [0.1, 0.15) is 29.8 Å². The summed E-state index contributed by atoms with van der Waals surface area (Å²) in [6.07, 6.45) is 3.96. The van der Waals surface area contributed by atoms with Crippen LogP contribution in [0.15, 0.2) is 54.7 Å². The Hall–Kier alpha value is -4.05. The Labute approximate surface area is 230 Å². The normalized spacial score (nSPS) is 16.8. The number of carbonyl (C=O) groups excluding carboxylic acids is 4. The summed E-state index contributed by atoms with van der Waals surface area (Å²) in [5.74, 6) is -2.33. The third-order valence-corrected chi connectivity index (χ3v) is 7.22. The molecule has 0 radical (unpaired) electrons. The van der Waals surface area contributed by atoms with Gasteiger partial charge in [-0.15, -0.1) is 11.6 Å². The number of rotatable bonds is 10. The van der Waals surface area contributed by atoms with Crippen molar-refractivity contribution in [2.75, 3.05) is 12.4 Å². The van der Waals surface area contributed by atoms with Gasteiger partial charge in [0.05, 0.1) is 0 Å². The molecule has 0 saturated carbocycles. The molecule has 2 aromatic carbocycles. The van der Waals surface area contributed by atoms with Gasteiger partial charge >= 0.3 is 0 Å². The van der Waals surface area contributed by atoms with E-state index in [9.17, 15) is 24.3 Å². The molecule has 0 bridgehead atoms. The summed E-state index contributed by atoms with van der Waals surface area (Å²) in [6, 6.07) is 11.2. The molecule has 1 aromatic heterocycles. The molecule has 1 aliphatic heterocycles. The van der Waals surface area contributed by atoms with Crippen LogP contribution in [0.5, 0.6) is 5.75 Å². The molecule has 4 amide bonds. The molecule has 1 aliphatic rings. The lowest BCUT2D eigenvalue weighted by molar-refractivity contribution is -0.145. The number of likely N-dealkylation sites (tertiary alicyclic amines) is 1. The molecule has 0 spiro atoms. The minimum atomic E-state index is -0.973. The number of alkyl halides is 1. The van der Waals surface area contributed by atoms with Crippen molar-refractivity contribution >= 4 is 46.1 Å². The summed E-state index contributed by atoms with van der Waals surface area (Å²) >= 11 is 5.69. The molecule has 0 aliphatic carbocycles. The minimum absolute atomic E-state index is 0.0795. The molecule has 206 valence electrons. The molecule has 1 saturated heterocycles. The third kappa shape index (κ3) is 6.88. The van der Waals surface area contributed by atoms with Gasteiger partial charge in [-0.2, -0.15) is 0 Å². The van der Waals surface area contributed by atoms with Crippen molar-refractivity contribution in [1.29, 1.82) is 0 Å². The van der Waals surface area contributed by atoms with Crippen LogP contribution in [0, 0.1) is 0 Å². The molecular formula is C28H32ClN5O5. The van der Waals surface area contributed by atoms with Crippen molar-refractivity contribution in [1.82, 2.24) is 20.5 Å². The van der Waals surface area contributed by atoms with E-state index in [2.05, 4.69) is 15.6 Å². The fourth-order valence-corrected chi connectivity index (χ4v) is 5.06. The van der Waals surface area contributed by atoms with Crippen molar-refractivity contribution in [3.05, 3.63) is 65.9 Å². The number of primary amides is 1. The second-order valence-corrected chi connectivity index (χ2v) is 9.96. The predicted molar refractivity (Wildman–Crippen MR) is 147 cm³/mol. The van der Waals surface area contributed by atoms with Gasteiger partial charge in [0, 0.05) is 36.5 Å². The number of benzene rings is 2. The van der Waals surface area contributed by atoms with Gasteiger partial charge in [-0.25, -0.2) is 0 Å². The molecule has 0 unspecified atom stereocenters. The fraction of sp³-hybridized carbons (Fsp3) is 0.357. The lowest BCUT2D eigenvalue weighted by atomic mass is 9.97. The van der Waals surface area contributed by atoms with E-state index >= 15 is 0 Å². The molecule has 4 rings (SSSR count). The minimum Gasteiger partial charge on any atom is -0.508 e. The zero-order valence-corrected chi connectivity index (χ0v) is 22.1. The van der Waals surface area contributed by atoms with Gasteiger partial charge in [0.15, 0.2) is 0 Å². The Morgan fingerprint density at radius 2 is 1.77 bits per heavy atom. The van der Waals surface area contributed by atoms with Crippen molar-refractivity contribution in [3.8, 4) is 5.75 Å². The van der Waals surface area contributed by atoms with Gasteiger partial charge in [-0.1, -0.05) is 30.3 Å². The fourth-order valence-electron chi connectivity index (χ4n) is 4.98. The number of hydrogen-bond acceptors (Lipinski definition) is 5. The Morgan fingerprint density at radius 1 is 1.03 bits per heavy atom. The molecule has 39 heavy (non-hydrogen) atoms. The summed E-state index contributed by atoms with van der Waals surface area (Å²) in [7, 11) is 0. The lowest BCUT2D eigenvalue weighted by Crippen LogP contribution is -2.60. The van der Waals surface area contributed by atoms with E-state index < -0.39 is 41.8 Å². The molecule has 2 heterocycles. The van der Waals surface area contributed by atoms with E-state index in [1.807, 2.05) is 24.3 Å². The maximum atomic E-state index is 13.7. The Balaban J connectivity index is 1.51. The van der Waals surface area contributed by atoms with Crippen molar-refractivity contribution in [2.24, 2.45) is 5.73 Å². The number of aromatic hydroxyl groups is 1. The number of halogens is 1. The Bertz CT molecular complexity index is 1340. The van der Waals surface area contributed by atoms with Crippen LogP contribution in [0.2, 0.25) is 0 Å². The molecule has 3 aromatic rings. The lowest BCUT2D eigenvalue weighted by Gasteiger charge is -2.37. The summed E-state index contributed by atoms with van der Waals surface area (Å²) in [5, 5.41) is 15.9. The first-order chi connectivity index (χ1) is 18.8. The zero-order chi connectivity index (χ0) is 27.9. The van der Waals surface area contributed by atoms with Crippen LogP contribution in [0.3, 0.4) is 0 Å². The number of aromatic amines is 1. The van der Waals surface area contributed by atoms with Gasteiger partial charge < -0.3 is 31.4 Å². The van der Waals surface area contributed by atoms with Crippen LogP contribution < -0.4 is 16.4 Å². The number of nitrogens with one attached hydrogen (secondary N) is 3. The largest absolute Gasteiger partial charge is 0.508 e. The predicted octanol–water partition coefficient (Wildman–Crippen LogP) is 1.73. The number of hydrogen-bond donors (Lipinski definition) is 5. The van der Waals surface area contributed by atoms with Crippen LogP contribution in [0.1, 0.15) is 30.4 Å². The zero-order valence-electron chi connectivity index (χ0n) is 21.4. The number of nitrogens with two attached hydrogens (primary N) is 1. The van der Waals surface area contributed by atoms with Crippen LogP contribution in [-0.4, -0.2) is 69.2 Å². The monoisotopic (exact) mass is 553 g/mol. The smallest absolute Gasteiger partial charge is 0.246 e. The highest BCUT2D eigenvalue weighted by atomic mass is 35.5. The molecule has 6 N–H and O–H groups in total. The SMILES string of the molecule is NC(=O)[C@H](Cc1c[nH]c2ccccc12)NC(=O)[C@@H]1CCCCN1C(=O)[C@H](Cc1ccc(O)cc1)NC(=O)CCl. The van der Waals surface area contributed by atoms with Crippen molar-refractivity contribution < 1.29 is 24.3 Å². The van der Waals surface area contributed by atoms with E-state index in [1.165, 1.54) is 17.0 Å². The number of H-pyrrole nitrogens is 1. The number of nitrogens with zero attached hydrogens (tertiary/aromatic N) is 1. The van der Waals surface area contributed by atoms with Crippen LogP contribution in [-0.2, 0) is 32.0 Å². The Morgan fingerprint density at radius 3 is 2.49 bits per heavy atom. The quantitative estimate of drug-likeness (QED) is 0.242. The van der Waals surface area contributed by atoms with Crippen molar-refractivity contribution in [3.63, 3.8) is 0 Å². The topological polar surface area (TPSA) is 158 Å². The number of carbonyl (C=O) groups is 4. The average molecular weight is 554 g/mol. The van der Waals surface area contributed by atoms with Gasteiger partial charge in [-0.05, 0) is 48.6 Å². The second kappa shape index (κ2) is 12.7. The highest BCUT2D eigenvalue weighted by molar-refractivity contribution is 6.27. The first-order valence-electron chi connectivity index (χ1n) is 12.8. The summed E-state index contributed by atoms with van der Waals surface area (Å²) in [5.41, 5.74) is 8.12. The van der Waals surface area contributed by atoms with Gasteiger partial charge in [0.25, 0.3) is 0 Å². The van der Waals surface area contributed by atoms with E-state index in [-0.39, 0.29) is 24.5 Å². The van der Waals surface area contributed by atoms with Crippen molar-refractivity contribution in [2.45, 2.75) is 50.2 Å². The summed E-state index contributed by atoms with van der Waals surface area (Å²) in [4.78, 5) is 56.2. The van der Waals surface area contributed by atoms with E-state index in [0.29, 0.717) is 24.9 Å². The number of para-hydroxylation sites is 1. The number of aromatic nitrogens is 1. The molecule has 11 heteroatoms. The van der Waals surface area contributed by atoms with Gasteiger partial charge in [-0.3, -0.25) is 19.2 Å². The maximum absolute atomic E-state index is 13.7. The van der Waals surface area contributed by atoms with Crippen LogP contribution in [0.25, 0.3) is 10.9 Å². The van der Waals surface area contributed by atoms with Crippen LogP contribution in [0.4, 0.5) is 0 Å². The number of phenols is 1. The van der Waals surface area contributed by atoms with E-state index in [1.54, 1.807) is 18.3 Å². The molecule has 10 nitrogen and oxygen atoms in total. The summed E-state index contributed by atoms with van der Waals surface area (Å²) in [6.45, 7) is 0.323. The highest BCUT2D eigenvalue weighted by Crippen LogP contribution is 2.22. The summed E-state index contributed by atoms with van der Waals surface area (Å²) < 4.78 is 0. The van der Waals surface area contributed by atoms with Gasteiger partial charge in [0.2, 0.25) is 23.6 Å². The van der Waals surface area contributed by atoms with Crippen LogP contribution >= 0.6 is 11.6 Å².